The van der Waals surface area contributed by atoms with Crippen LogP contribution in [-0.2, 0) is 0 Å². The van der Waals surface area contributed by atoms with E-state index in [-0.39, 0.29) is 5.75 Å². The van der Waals surface area contributed by atoms with Crippen molar-refractivity contribution in [3.63, 3.8) is 0 Å². The van der Waals surface area contributed by atoms with Crippen molar-refractivity contribution in [2.75, 3.05) is 0 Å². The Morgan fingerprint density at radius 2 is 1.81 bits per heavy atom. The SMILES string of the molecule is Cc1cc(O)c(C=Nc2ccc(-c3nc4ccccc4o3)cc2)c(C)c1Cl. The van der Waals surface area contributed by atoms with Crippen LogP contribution in [-0.4, -0.2) is 16.3 Å². The highest BCUT2D eigenvalue weighted by molar-refractivity contribution is 6.32. The third kappa shape index (κ3) is 3.32. The second-order valence-corrected chi connectivity index (χ2v) is 6.74. The highest BCUT2D eigenvalue weighted by Crippen LogP contribution is 2.30. The van der Waals surface area contributed by atoms with Crippen molar-refractivity contribution < 1.29 is 9.52 Å². The topological polar surface area (TPSA) is 58.6 Å². The van der Waals surface area contributed by atoms with Crippen LogP contribution in [0.25, 0.3) is 22.6 Å². The number of aliphatic imine (C=N–C) groups is 1. The number of nitrogens with zero attached hydrogens (tertiary/aromatic N) is 2. The van der Waals surface area contributed by atoms with E-state index >= 15 is 0 Å². The highest BCUT2D eigenvalue weighted by atomic mass is 35.5. The van der Waals surface area contributed by atoms with Crippen molar-refractivity contribution in [3.05, 3.63) is 76.3 Å². The summed E-state index contributed by atoms with van der Waals surface area (Å²) in [5.74, 6) is 0.742. The Kier molecular flexibility index (Phi) is 4.42. The molecule has 27 heavy (non-hydrogen) atoms. The maximum Gasteiger partial charge on any atom is 0.227 e. The van der Waals surface area contributed by atoms with Gasteiger partial charge in [-0.1, -0.05) is 23.7 Å². The van der Waals surface area contributed by atoms with Gasteiger partial charge in [-0.05, 0) is 67.4 Å². The zero-order valence-electron chi connectivity index (χ0n) is 14.9. The highest BCUT2D eigenvalue weighted by Gasteiger charge is 2.10. The van der Waals surface area contributed by atoms with Gasteiger partial charge in [-0.25, -0.2) is 4.98 Å². The smallest absolute Gasteiger partial charge is 0.227 e. The fourth-order valence-electron chi connectivity index (χ4n) is 2.94. The molecule has 1 heterocycles. The molecule has 0 saturated carbocycles. The Morgan fingerprint density at radius 3 is 2.56 bits per heavy atom. The molecule has 0 bridgehead atoms. The minimum atomic E-state index is 0.168. The maximum absolute atomic E-state index is 10.2. The van der Waals surface area contributed by atoms with Crippen molar-refractivity contribution in [1.82, 2.24) is 4.98 Å². The lowest BCUT2D eigenvalue weighted by molar-refractivity contribution is 0.473. The number of para-hydroxylation sites is 2. The zero-order chi connectivity index (χ0) is 19.0. The summed E-state index contributed by atoms with van der Waals surface area (Å²) >= 11 is 6.27. The normalized spacial score (nSPS) is 11.5. The molecule has 1 N–H and O–H groups in total. The van der Waals surface area contributed by atoms with E-state index in [1.165, 1.54) is 0 Å². The Hall–Kier alpha value is -3.11. The van der Waals surface area contributed by atoms with Gasteiger partial charge in [-0.3, -0.25) is 4.99 Å². The standard InChI is InChI=1S/C22H17ClN2O2/c1-13-11-19(26)17(14(2)21(13)23)12-24-16-9-7-15(8-10-16)22-25-18-5-3-4-6-20(18)27-22/h3-12,26H,1-2H3. The molecule has 4 rings (SSSR count). The first-order valence-corrected chi connectivity index (χ1v) is 8.89. The molecule has 0 amide bonds. The number of aromatic hydroxyl groups is 1. The third-order valence-electron chi connectivity index (χ3n) is 4.46. The van der Waals surface area contributed by atoms with Crippen molar-refractivity contribution in [1.29, 1.82) is 0 Å². The van der Waals surface area contributed by atoms with E-state index in [1.807, 2.05) is 62.4 Å². The van der Waals surface area contributed by atoms with Crippen LogP contribution in [0.2, 0.25) is 5.02 Å². The van der Waals surface area contributed by atoms with Gasteiger partial charge in [0, 0.05) is 22.4 Å². The van der Waals surface area contributed by atoms with Crippen LogP contribution in [0.3, 0.4) is 0 Å². The minimum absolute atomic E-state index is 0.168. The number of hydrogen-bond acceptors (Lipinski definition) is 4. The first-order valence-electron chi connectivity index (χ1n) is 8.51. The first kappa shape index (κ1) is 17.3. The summed E-state index contributed by atoms with van der Waals surface area (Å²) in [6.07, 6.45) is 1.63. The molecule has 4 aromatic rings. The molecule has 0 aliphatic carbocycles. The first-order chi connectivity index (χ1) is 13.0. The van der Waals surface area contributed by atoms with Gasteiger partial charge in [0.2, 0.25) is 5.89 Å². The Bertz CT molecular complexity index is 1130. The van der Waals surface area contributed by atoms with Crippen LogP contribution < -0.4 is 0 Å². The minimum Gasteiger partial charge on any atom is -0.507 e. The van der Waals surface area contributed by atoms with Crippen LogP contribution in [0.4, 0.5) is 5.69 Å². The number of aryl methyl sites for hydroxylation is 1. The molecular formula is C22H17ClN2O2. The van der Waals surface area contributed by atoms with Crippen LogP contribution in [0.5, 0.6) is 5.75 Å². The molecule has 3 aromatic carbocycles. The van der Waals surface area contributed by atoms with Crippen LogP contribution in [0, 0.1) is 13.8 Å². The van der Waals surface area contributed by atoms with E-state index in [4.69, 9.17) is 16.0 Å². The summed E-state index contributed by atoms with van der Waals surface area (Å²) in [5, 5.41) is 10.8. The van der Waals surface area contributed by atoms with Gasteiger partial charge in [0.15, 0.2) is 5.58 Å². The molecule has 0 aliphatic rings. The molecular weight excluding hydrogens is 360 g/mol. The number of aromatic nitrogens is 1. The summed E-state index contributed by atoms with van der Waals surface area (Å²) in [7, 11) is 0. The van der Waals surface area contributed by atoms with Crippen molar-refractivity contribution in [3.8, 4) is 17.2 Å². The molecule has 0 saturated heterocycles. The lowest BCUT2D eigenvalue weighted by Crippen LogP contribution is -1.92. The van der Waals surface area contributed by atoms with Crippen molar-refractivity contribution in [2.45, 2.75) is 13.8 Å². The number of rotatable bonds is 3. The van der Waals surface area contributed by atoms with Crippen LogP contribution in [0.15, 0.2) is 64.0 Å². The fourth-order valence-corrected chi connectivity index (χ4v) is 3.10. The Balaban J connectivity index is 1.61. The molecule has 0 unspecified atom stereocenters. The van der Waals surface area contributed by atoms with Gasteiger partial charge in [0.25, 0.3) is 0 Å². The largest absolute Gasteiger partial charge is 0.507 e. The molecule has 4 nitrogen and oxygen atoms in total. The number of phenolic OH excluding ortho intramolecular Hbond substituents is 1. The van der Waals surface area contributed by atoms with E-state index in [9.17, 15) is 5.11 Å². The van der Waals surface area contributed by atoms with E-state index in [1.54, 1.807) is 12.3 Å². The molecule has 1 aromatic heterocycles. The second-order valence-electron chi connectivity index (χ2n) is 6.36. The van der Waals surface area contributed by atoms with Gasteiger partial charge in [-0.15, -0.1) is 0 Å². The molecule has 0 atom stereocenters. The van der Waals surface area contributed by atoms with Gasteiger partial charge in [0.1, 0.15) is 11.3 Å². The van der Waals surface area contributed by atoms with Crippen LogP contribution >= 0.6 is 11.6 Å². The summed E-state index contributed by atoms with van der Waals surface area (Å²) in [6, 6.07) is 16.9. The number of phenols is 1. The monoisotopic (exact) mass is 376 g/mol. The van der Waals surface area contributed by atoms with Gasteiger partial charge in [-0.2, -0.15) is 0 Å². The second kappa shape index (κ2) is 6.89. The number of fused-ring (bicyclic) bond motifs is 1. The van der Waals surface area contributed by atoms with E-state index in [0.717, 1.165) is 33.5 Å². The number of benzene rings is 3. The summed E-state index contributed by atoms with van der Waals surface area (Å²) in [6.45, 7) is 3.73. The Labute approximate surface area is 161 Å². The molecule has 0 spiro atoms. The lowest BCUT2D eigenvalue weighted by atomic mass is 10.0. The van der Waals surface area contributed by atoms with Gasteiger partial charge < -0.3 is 9.52 Å². The predicted molar refractivity (Wildman–Crippen MR) is 109 cm³/mol. The number of hydrogen-bond donors (Lipinski definition) is 1. The van der Waals surface area contributed by atoms with Gasteiger partial charge in [0.05, 0.1) is 5.69 Å². The van der Waals surface area contributed by atoms with Crippen LogP contribution in [0.1, 0.15) is 16.7 Å². The molecule has 0 radical (unpaired) electrons. The van der Waals surface area contributed by atoms with Crippen molar-refractivity contribution >= 4 is 34.6 Å². The van der Waals surface area contributed by atoms with E-state index < -0.39 is 0 Å². The number of halogens is 1. The number of oxazole rings is 1. The van der Waals surface area contributed by atoms with Crippen molar-refractivity contribution in [2.24, 2.45) is 4.99 Å². The summed E-state index contributed by atoms with van der Waals surface area (Å²) < 4.78 is 5.78. The fraction of sp³-hybridized carbons (Fsp3) is 0.0909. The predicted octanol–water partition coefficient (Wildman–Crippen LogP) is 6.22. The quantitative estimate of drug-likeness (QED) is 0.432. The van der Waals surface area contributed by atoms with E-state index in [0.29, 0.717) is 16.5 Å². The average molecular weight is 377 g/mol. The van der Waals surface area contributed by atoms with E-state index in [2.05, 4.69) is 9.98 Å². The molecule has 5 heteroatoms. The summed E-state index contributed by atoms with van der Waals surface area (Å²) in [5.41, 5.74) is 5.49. The zero-order valence-corrected chi connectivity index (χ0v) is 15.7. The molecule has 134 valence electrons. The Morgan fingerprint density at radius 1 is 1.07 bits per heavy atom. The third-order valence-corrected chi connectivity index (χ3v) is 5.04. The molecule has 0 fully saturated rings. The lowest BCUT2D eigenvalue weighted by Gasteiger charge is -2.08. The maximum atomic E-state index is 10.2. The molecule has 0 aliphatic heterocycles. The average Bonchev–Trinajstić information content (AvgIpc) is 3.11. The van der Waals surface area contributed by atoms with Gasteiger partial charge >= 0.3 is 0 Å². The summed E-state index contributed by atoms with van der Waals surface area (Å²) in [4.78, 5) is 8.95.